The third kappa shape index (κ3) is 3.03. The van der Waals surface area contributed by atoms with Crippen molar-refractivity contribution in [2.24, 2.45) is 0 Å². The van der Waals surface area contributed by atoms with Crippen LogP contribution in [0.4, 0.5) is 0 Å². The van der Waals surface area contributed by atoms with E-state index < -0.39 is 0 Å². The third-order valence-electron chi connectivity index (χ3n) is 2.85. The first-order chi connectivity index (χ1) is 7.25. The van der Waals surface area contributed by atoms with Crippen LogP contribution in [0.2, 0.25) is 0 Å². The molecule has 2 rings (SSSR count). The number of aliphatic hydroxyl groups excluding tert-OH is 1. The number of hydrogen-bond donors (Lipinski definition) is 1. The predicted octanol–water partition coefficient (Wildman–Crippen LogP) is 3.05. The van der Waals surface area contributed by atoms with Crippen LogP contribution in [-0.2, 0) is 4.74 Å². The van der Waals surface area contributed by atoms with Gasteiger partial charge in [0.15, 0.2) is 0 Å². The molecule has 0 spiro atoms. The third-order valence-corrected chi connectivity index (χ3v) is 3.95. The van der Waals surface area contributed by atoms with Crippen molar-refractivity contribution in [1.82, 2.24) is 0 Å². The van der Waals surface area contributed by atoms with E-state index in [0.717, 1.165) is 24.3 Å². The Morgan fingerprint density at radius 2 is 2.40 bits per heavy atom. The van der Waals surface area contributed by atoms with Crippen LogP contribution in [0, 0.1) is 6.92 Å². The fourth-order valence-corrected chi connectivity index (χ4v) is 2.87. The van der Waals surface area contributed by atoms with Gasteiger partial charge in [0.05, 0.1) is 12.2 Å². The fourth-order valence-electron chi connectivity index (χ4n) is 1.99. The van der Waals surface area contributed by atoms with Crippen LogP contribution >= 0.6 is 11.3 Å². The molecule has 2 heterocycles. The van der Waals surface area contributed by atoms with Gasteiger partial charge < -0.3 is 9.84 Å². The van der Waals surface area contributed by atoms with Crippen molar-refractivity contribution in [2.75, 3.05) is 6.61 Å². The van der Waals surface area contributed by atoms with Crippen LogP contribution in [0.5, 0.6) is 0 Å². The summed E-state index contributed by atoms with van der Waals surface area (Å²) in [6, 6.07) is 4.08. The van der Waals surface area contributed by atoms with Crippen LogP contribution < -0.4 is 0 Å². The SMILES string of the molecule is Cc1ccc(C(O)CC2CCCCO2)s1. The van der Waals surface area contributed by atoms with Crippen LogP contribution in [0.25, 0.3) is 0 Å². The molecule has 84 valence electrons. The number of thiophene rings is 1. The second-order valence-corrected chi connectivity index (χ2v) is 5.51. The van der Waals surface area contributed by atoms with Crippen molar-refractivity contribution in [1.29, 1.82) is 0 Å². The number of hydrogen-bond acceptors (Lipinski definition) is 3. The fraction of sp³-hybridized carbons (Fsp3) is 0.667. The van der Waals surface area contributed by atoms with Crippen molar-refractivity contribution in [3.8, 4) is 0 Å². The number of ether oxygens (including phenoxy) is 1. The quantitative estimate of drug-likeness (QED) is 0.858. The van der Waals surface area contributed by atoms with Crippen LogP contribution in [0.1, 0.15) is 41.5 Å². The molecule has 2 nitrogen and oxygen atoms in total. The summed E-state index contributed by atoms with van der Waals surface area (Å²) in [6.45, 7) is 2.93. The Kier molecular flexibility index (Phi) is 3.78. The van der Waals surface area contributed by atoms with Crippen LogP contribution in [0.3, 0.4) is 0 Å². The van der Waals surface area contributed by atoms with Crippen molar-refractivity contribution in [3.05, 3.63) is 21.9 Å². The molecule has 1 saturated heterocycles. The zero-order valence-electron chi connectivity index (χ0n) is 9.11. The first kappa shape index (κ1) is 11.1. The average Bonchev–Trinajstić information content (AvgIpc) is 2.66. The van der Waals surface area contributed by atoms with E-state index in [4.69, 9.17) is 4.74 Å². The average molecular weight is 226 g/mol. The van der Waals surface area contributed by atoms with Gasteiger partial charge in [-0.1, -0.05) is 0 Å². The van der Waals surface area contributed by atoms with E-state index in [-0.39, 0.29) is 12.2 Å². The second kappa shape index (κ2) is 5.10. The highest BCUT2D eigenvalue weighted by molar-refractivity contribution is 7.12. The maximum Gasteiger partial charge on any atom is 0.0906 e. The maximum atomic E-state index is 10.0. The van der Waals surface area contributed by atoms with E-state index in [1.165, 1.54) is 17.7 Å². The van der Waals surface area contributed by atoms with Gasteiger partial charge in [-0.3, -0.25) is 0 Å². The van der Waals surface area contributed by atoms with Crippen LogP contribution in [0.15, 0.2) is 12.1 Å². The first-order valence-corrected chi connectivity index (χ1v) is 6.43. The van der Waals surface area contributed by atoms with Crippen molar-refractivity contribution in [2.45, 2.75) is 44.8 Å². The Bertz CT molecular complexity index is 302. The molecule has 1 fully saturated rings. The number of rotatable bonds is 3. The minimum absolute atomic E-state index is 0.260. The van der Waals surface area contributed by atoms with Gasteiger partial charge in [0, 0.05) is 22.8 Å². The molecular weight excluding hydrogens is 208 g/mol. The van der Waals surface area contributed by atoms with Gasteiger partial charge in [0.1, 0.15) is 0 Å². The molecule has 0 aromatic carbocycles. The topological polar surface area (TPSA) is 29.5 Å². The summed E-state index contributed by atoms with van der Waals surface area (Å²) in [5, 5.41) is 10.0. The summed E-state index contributed by atoms with van der Waals surface area (Å²) in [5.74, 6) is 0. The molecule has 2 unspecified atom stereocenters. The van der Waals surface area contributed by atoms with Crippen molar-refractivity contribution < 1.29 is 9.84 Å². The lowest BCUT2D eigenvalue weighted by molar-refractivity contribution is -0.0149. The summed E-state index contributed by atoms with van der Waals surface area (Å²) < 4.78 is 5.62. The number of aryl methyl sites for hydroxylation is 1. The van der Waals surface area contributed by atoms with Crippen LogP contribution in [-0.4, -0.2) is 17.8 Å². The van der Waals surface area contributed by atoms with Gasteiger partial charge in [0.2, 0.25) is 0 Å². The monoisotopic (exact) mass is 226 g/mol. The molecule has 0 aliphatic carbocycles. The maximum absolute atomic E-state index is 10.0. The molecule has 1 aliphatic rings. The molecule has 2 atom stereocenters. The van der Waals surface area contributed by atoms with E-state index in [1.807, 2.05) is 6.07 Å². The van der Waals surface area contributed by atoms with Gasteiger partial charge in [0.25, 0.3) is 0 Å². The van der Waals surface area contributed by atoms with Gasteiger partial charge >= 0.3 is 0 Å². The minimum Gasteiger partial charge on any atom is -0.387 e. The molecule has 1 N–H and O–H groups in total. The highest BCUT2D eigenvalue weighted by atomic mass is 32.1. The predicted molar refractivity (Wildman–Crippen MR) is 62.2 cm³/mol. The van der Waals surface area contributed by atoms with Gasteiger partial charge in [-0.25, -0.2) is 0 Å². The van der Waals surface area contributed by atoms with Gasteiger partial charge in [-0.15, -0.1) is 11.3 Å². The molecule has 1 aromatic heterocycles. The highest BCUT2D eigenvalue weighted by Gasteiger charge is 2.19. The van der Waals surface area contributed by atoms with E-state index in [9.17, 15) is 5.11 Å². The molecule has 0 amide bonds. The summed E-state index contributed by atoms with van der Waals surface area (Å²) in [7, 11) is 0. The molecule has 15 heavy (non-hydrogen) atoms. The molecule has 3 heteroatoms. The molecule has 0 saturated carbocycles. The van der Waals surface area contributed by atoms with E-state index in [2.05, 4.69) is 13.0 Å². The van der Waals surface area contributed by atoms with Gasteiger partial charge in [-0.05, 0) is 38.3 Å². The zero-order chi connectivity index (χ0) is 10.7. The lowest BCUT2D eigenvalue weighted by Crippen LogP contribution is -2.21. The second-order valence-electron chi connectivity index (χ2n) is 4.19. The van der Waals surface area contributed by atoms with Crippen molar-refractivity contribution in [3.63, 3.8) is 0 Å². The zero-order valence-corrected chi connectivity index (χ0v) is 9.93. The Hall–Kier alpha value is -0.380. The van der Waals surface area contributed by atoms with Gasteiger partial charge in [-0.2, -0.15) is 0 Å². The standard InChI is InChI=1S/C12H18O2S/c1-9-5-6-12(15-9)11(13)8-10-4-2-3-7-14-10/h5-6,10-11,13H,2-4,7-8H2,1H3. The highest BCUT2D eigenvalue weighted by Crippen LogP contribution is 2.28. The normalized spacial score (nSPS) is 24.0. The summed E-state index contributed by atoms with van der Waals surface area (Å²) in [5.41, 5.74) is 0. The molecule has 0 radical (unpaired) electrons. The molecular formula is C12H18O2S. The minimum atomic E-state index is -0.341. The van der Waals surface area contributed by atoms with E-state index >= 15 is 0 Å². The summed E-state index contributed by atoms with van der Waals surface area (Å²) in [4.78, 5) is 2.33. The molecule has 0 bridgehead atoms. The Balaban J connectivity index is 1.88. The Labute approximate surface area is 94.9 Å². The molecule has 1 aliphatic heterocycles. The summed E-state index contributed by atoms with van der Waals surface area (Å²) >= 11 is 1.68. The largest absolute Gasteiger partial charge is 0.387 e. The van der Waals surface area contributed by atoms with E-state index in [0.29, 0.717) is 0 Å². The number of aliphatic hydroxyl groups is 1. The first-order valence-electron chi connectivity index (χ1n) is 5.61. The summed E-state index contributed by atoms with van der Waals surface area (Å²) in [6.07, 6.45) is 4.18. The Morgan fingerprint density at radius 1 is 1.53 bits per heavy atom. The lowest BCUT2D eigenvalue weighted by Gasteiger charge is -2.24. The smallest absolute Gasteiger partial charge is 0.0906 e. The lowest BCUT2D eigenvalue weighted by atomic mass is 10.0. The Morgan fingerprint density at radius 3 is 3.00 bits per heavy atom. The van der Waals surface area contributed by atoms with E-state index in [1.54, 1.807) is 11.3 Å². The molecule has 1 aromatic rings. The van der Waals surface area contributed by atoms with Crippen molar-refractivity contribution >= 4 is 11.3 Å².